The van der Waals surface area contributed by atoms with Crippen LogP contribution in [0.25, 0.3) is 0 Å². The van der Waals surface area contributed by atoms with Crippen LogP contribution < -0.4 is 5.32 Å². The highest BCUT2D eigenvalue weighted by Crippen LogP contribution is 2.41. The maximum absolute atomic E-state index is 12.7. The Labute approximate surface area is 113 Å². The molecule has 1 nitrogen and oxygen atoms in total. The highest BCUT2D eigenvalue weighted by molar-refractivity contribution is 9.09. The highest BCUT2D eigenvalue weighted by Gasteiger charge is 2.49. The molecule has 1 saturated heterocycles. The Morgan fingerprint density at radius 1 is 1.24 bits per heavy atom. The van der Waals surface area contributed by atoms with E-state index in [0.29, 0.717) is 5.92 Å². The van der Waals surface area contributed by atoms with E-state index < -0.39 is 12.2 Å². The smallest absolute Gasteiger partial charge is 0.303 e. The van der Waals surface area contributed by atoms with E-state index in [4.69, 9.17) is 11.6 Å². The lowest BCUT2D eigenvalue weighted by Gasteiger charge is -2.45. The zero-order valence-electron chi connectivity index (χ0n) is 9.31. The summed E-state index contributed by atoms with van der Waals surface area (Å²) >= 11 is 9.61. The van der Waals surface area contributed by atoms with Gasteiger partial charge in [-0.05, 0) is 37.5 Å². The van der Waals surface area contributed by atoms with Gasteiger partial charge in [0.15, 0.2) is 0 Å². The lowest BCUT2D eigenvalue weighted by Crippen LogP contribution is -2.59. The molecule has 6 heteroatoms. The average Bonchev–Trinajstić information content (AvgIpc) is 2.27. The molecular formula is C11H16BrClF3N. The van der Waals surface area contributed by atoms with Crippen molar-refractivity contribution >= 4 is 27.5 Å². The van der Waals surface area contributed by atoms with Gasteiger partial charge in [-0.15, -0.1) is 11.6 Å². The van der Waals surface area contributed by atoms with Crippen molar-refractivity contribution in [2.45, 2.75) is 49.3 Å². The quantitative estimate of drug-likeness (QED) is 0.721. The van der Waals surface area contributed by atoms with Crippen molar-refractivity contribution in [3.8, 4) is 0 Å². The molecule has 0 bridgehead atoms. The van der Waals surface area contributed by atoms with E-state index >= 15 is 0 Å². The van der Waals surface area contributed by atoms with Gasteiger partial charge < -0.3 is 5.32 Å². The van der Waals surface area contributed by atoms with Crippen molar-refractivity contribution in [2.24, 2.45) is 11.8 Å². The molecule has 1 N–H and O–H groups in total. The van der Waals surface area contributed by atoms with Crippen molar-refractivity contribution in [2.75, 3.05) is 5.33 Å². The second-order valence-electron chi connectivity index (χ2n) is 5.12. The minimum atomic E-state index is -4.18. The molecule has 0 spiro atoms. The van der Waals surface area contributed by atoms with Gasteiger partial charge in [0.05, 0.1) is 0 Å². The highest BCUT2D eigenvalue weighted by atomic mass is 79.9. The average molecular weight is 335 g/mol. The molecule has 2 fully saturated rings. The Kier molecular flexibility index (Phi) is 4.31. The molecular weight excluding hydrogens is 318 g/mol. The van der Waals surface area contributed by atoms with Crippen LogP contribution in [0.2, 0.25) is 0 Å². The molecule has 0 radical (unpaired) electrons. The third-order valence-corrected chi connectivity index (χ3v) is 5.38. The van der Waals surface area contributed by atoms with Gasteiger partial charge in [0.25, 0.3) is 0 Å². The SMILES string of the molecule is FC(F)(F)C1CC(Cl)C2CC(CBr)CCC2N1. The molecule has 1 aliphatic carbocycles. The summed E-state index contributed by atoms with van der Waals surface area (Å²) in [4.78, 5) is 0. The molecule has 2 rings (SSSR count). The number of nitrogens with one attached hydrogen (secondary N) is 1. The Hall–Kier alpha value is 0.520. The first-order chi connectivity index (χ1) is 7.91. The zero-order valence-corrected chi connectivity index (χ0v) is 11.7. The summed E-state index contributed by atoms with van der Waals surface area (Å²) in [6.07, 6.45) is -1.46. The van der Waals surface area contributed by atoms with Crippen LogP contribution in [-0.2, 0) is 0 Å². The van der Waals surface area contributed by atoms with Crippen molar-refractivity contribution in [1.29, 1.82) is 0 Å². The number of rotatable bonds is 1. The summed E-state index contributed by atoms with van der Waals surface area (Å²) in [5, 5.41) is 3.31. The maximum atomic E-state index is 12.7. The predicted octanol–water partition coefficient (Wildman–Crippen LogP) is 3.70. The van der Waals surface area contributed by atoms with E-state index in [0.717, 1.165) is 24.6 Å². The number of fused-ring (bicyclic) bond motifs is 1. The summed E-state index contributed by atoms with van der Waals surface area (Å²) in [6, 6.07) is -1.49. The monoisotopic (exact) mass is 333 g/mol. The number of hydrogen-bond acceptors (Lipinski definition) is 1. The number of alkyl halides is 5. The van der Waals surface area contributed by atoms with E-state index in [-0.39, 0.29) is 23.8 Å². The zero-order chi connectivity index (χ0) is 12.6. The molecule has 5 atom stereocenters. The fraction of sp³-hybridized carbons (Fsp3) is 1.00. The van der Waals surface area contributed by atoms with Gasteiger partial charge in [0.1, 0.15) is 6.04 Å². The Morgan fingerprint density at radius 3 is 2.53 bits per heavy atom. The van der Waals surface area contributed by atoms with E-state index in [1.54, 1.807) is 0 Å². The Bertz CT molecular complexity index is 274. The van der Waals surface area contributed by atoms with Crippen LogP contribution in [0.1, 0.15) is 25.7 Å². The second kappa shape index (κ2) is 5.25. The largest absolute Gasteiger partial charge is 0.403 e. The van der Waals surface area contributed by atoms with Gasteiger partial charge in [-0.3, -0.25) is 0 Å². The van der Waals surface area contributed by atoms with Gasteiger partial charge in [-0.25, -0.2) is 0 Å². The van der Waals surface area contributed by atoms with Gasteiger partial charge >= 0.3 is 6.18 Å². The van der Waals surface area contributed by atoms with Crippen LogP contribution in [0.15, 0.2) is 0 Å². The first-order valence-electron chi connectivity index (χ1n) is 5.94. The molecule has 5 unspecified atom stereocenters. The van der Waals surface area contributed by atoms with Crippen LogP contribution in [0.3, 0.4) is 0 Å². The molecule has 0 amide bonds. The third-order valence-electron chi connectivity index (χ3n) is 3.96. The minimum absolute atomic E-state index is 0.00122. The molecule has 1 saturated carbocycles. The molecule has 100 valence electrons. The van der Waals surface area contributed by atoms with Gasteiger partial charge in [-0.2, -0.15) is 13.2 Å². The fourth-order valence-electron chi connectivity index (χ4n) is 3.00. The minimum Gasteiger partial charge on any atom is -0.303 e. The summed E-state index contributed by atoms with van der Waals surface area (Å²) in [5.41, 5.74) is 0. The summed E-state index contributed by atoms with van der Waals surface area (Å²) in [7, 11) is 0. The van der Waals surface area contributed by atoms with Crippen LogP contribution in [0, 0.1) is 11.8 Å². The standard InChI is InChI=1S/C11H16BrClF3N/c12-5-6-1-2-9-7(3-6)8(13)4-10(17-9)11(14,15)16/h6-10,17H,1-5H2. The second-order valence-corrected chi connectivity index (χ2v) is 6.32. The van der Waals surface area contributed by atoms with Crippen molar-refractivity contribution < 1.29 is 13.2 Å². The summed E-state index contributed by atoms with van der Waals surface area (Å²) in [6.45, 7) is 0. The molecule has 0 aromatic rings. The maximum Gasteiger partial charge on any atom is 0.403 e. The summed E-state index contributed by atoms with van der Waals surface area (Å²) in [5.74, 6) is 0.744. The van der Waals surface area contributed by atoms with Crippen LogP contribution in [0.5, 0.6) is 0 Å². The van der Waals surface area contributed by atoms with Crippen molar-refractivity contribution in [1.82, 2.24) is 5.32 Å². The Balaban J connectivity index is 2.02. The third kappa shape index (κ3) is 3.10. The van der Waals surface area contributed by atoms with Gasteiger partial charge in [0, 0.05) is 16.7 Å². The molecule has 0 aromatic carbocycles. The van der Waals surface area contributed by atoms with Gasteiger partial charge in [0.2, 0.25) is 0 Å². The number of hydrogen-bond donors (Lipinski definition) is 1. The van der Waals surface area contributed by atoms with Crippen LogP contribution >= 0.6 is 27.5 Å². The Morgan fingerprint density at radius 2 is 1.94 bits per heavy atom. The first kappa shape index (κ1) is 13.9. The van der Waals surface area contributed by atoms with Gasteiger partial charge in [-0.1, -0.05) is 15.9 Å². The molecule has 1 aliphatic heterocycles. The van der Waals surface area contributed by atoms with E-state index in [1.807, 2.05) is 0 Å². The van der Waals surface area contributed by atoms with E-state index in [2.05, 4.69) is 21.2 Å². The molecule has 1 heterocycles. The number of piperidine rings is 1. The number of halogens is 5. The molecule has 0 aromatic heterocycles. The predicted molar refractivity (Wildman–Crippen MR) is 65.6 cm³/mol. The molecule has 17 heavy (non-hydrogen) atoms. The lowest BCUT2D eigenvalue weighted by atomic mass is 9.73. The topological polar surface area (TPSA) is 12.0 Å². The van der Waals surface area contributed by atoms with E-state index in [1.165, 1.54) is 0 Å². The van der Waals surface area contributed by atoms with Crippen molar-refractivity contribution in [3.63, 3.8) is 0 Å². The molecule has 2 aliphatic rings. The van der Waals surface area contributed by atoms with Crippen molar-refractivity contribution in [3.05, 3.63) is 0 Å². The summed E-state index contributed by atoms with van der Waals surface area (Å²) < 4.78 is 38.1. The van der Waals surface area contributed by atoms with E-state index in [9.17, 15) is 13.2 Å². The normalized spacial score (nSPS) is 43.2. The first-order valence-corrected chi connectivity index (χ1v) is 7.50. The fourth-order valence-corrected chi connectivity index (χ4v) is 4.04. The van der Waals surface area contributed by atoms with Crippen LogP contribution in [0.4, 0.5) is 13.2 Å². The lowest BCUT2D eigenvalue weighted by molar-refractivity contribution is -0.166. The van der Waals surface area contributed by atoms with Crippen LogP contribution in [-0.4, -0.2) is 29.0 Å².